The zero-order valence-electron chi connectivity index (χ0n) is 18.0. The summed E-state index contributed by atoms with van der Waals surface area (Å²) in [6.45, 7) is 2.60. The first kappa shape index (κ1) is 20.8. The molecule has 2 aromatic carbocycles. The van der Waals surface area contributed by atoms with E-state index in [1.807, 2.05) is 35.2 Å². The highest BCUT2D eigenvalue weighted by Crippen LogP contribution is 2.19. The summed E-state index contributed by atoms with van der Waals surface area (Å²) < 4.78 is 1.70. The van der Waals surface area contributed by atoms with E-state index in [0.717, 1.165) is 11.3 Å². The molecule has 0 spiro atoms. The fourth-order valence-corrected chi connectivity index (χ4v) is 4.14. The van der Waals surface area contributed by atoms with E-state index in [0.29, 0.717) is 37.7 Å². The van der Waals surface area contributed by atoms with Crippen LogP contribution < -0.4 is 4.90 Å². The van der Waals surface area contributed by atoms with Crippen molar-refractivity contribution in [2.45, 2.75) is 19.4 Å². The number of carbonyl (C=O) groups excluding carboxylic acids is 3. The van der Waals surface area contributed by atoms with Crippen LogP contribution in [0.4, 0.5) is 5.95 Å². The number of tetrazole rings is 1. The predicted octanol–water partition coefficient (Wildman–Crippen LogP) is 1.27. The average Bonchev–Trinajstić information content (AvgIpc) is 3.47. The van der Waals surface area contributed by atoms with Crippen molar-refractivity contribution in [3.8, 4) is 5.69 Å². The van der Waals surface area contributed by atoms with Crippen LogP contribution in [0.2, 0.25) is 0 Å². The number of aromatic nitrogens is 4. The zero-order valence-corrected chi connectivity index (χ0v) is 18.0. The molecule has 0 atom stereocenters. The van der Waals surface area contributed by atoms with Crippen LogP contribution in [0.15, 0.2) is 54.6 Å². The normalized spacial score (nSPS) is 16.5. The quantitative estimate of drug-likeness (QED) is 0.545. The van der Waals surface area contributed by atoms with E-state index in [9.17, 15) is 14.4 Å². The van der Waals surface area contributed by atoms with Gasteiger partial charge in [-0.15, -0.1) is 0 Å². The molecular weight excluding hydrogens is 422 g/mol. The van der Waals surface area contributed by atoms with Gasteiger partial charge in [0.05, 0.1) is 12.2 Å². The molecule has 3 heterocycles. The van der Waals surface area contributed by atoms with Gasteiger partial charge in [-0.25, -0.2) is 0 Å². The summed E-state index contributed by atoms with van der Waals surface area (Å²) in [7, 11) is 0. The topological polar surface area (TPSA) is 105 Å². The van der Waals surface area contributed by atoms with Crippen LogP contribution in [-0.4, -0.2) is 73.9 Å². The molecule has 1 aromatic heterocycles. The number of para-hydroxylation sites is 1. The minimum Gasteiger partial charge on any atom is -0.336 e. The number of amides is 3. The Bertz CT molecular complexity index is 1150. The number of likely N-dealkylation sites (tertiary alicyclic amines) is 1. The SMILES string of the molecule is O=C(c1ccc(CN2C(=O)CCC2=O)cc1)N1CCN(c2nnnn2-c2ccccc2)CC1. The Morgan fingerprint density at radius 2 is 1.52 bits per heavy atom. The van der Waals surface area contributed by atoms with Crippen molar-refractivity contribution < 1.29 is 14.4 Å². The van der Waals surface area contributed by atoms with Crippen LogP contribution in [0.3, 0.4) is 0 Å². The first-order valence-corrected chi connectivity index (χ1v) is 10.9. The summed E-state index contributed by atoms with van der Waals surface area (Å²) in [5, 5.41) is 12.1. The number of rotatable bonds is 5. The predicted molar refractivity (Wildman–Crippen MR) is 119 cm³/mol. The van der Waals surface area contributed by atoms with Crippen molar-refractivity contribution >= 4 is 23.7 Å². The molecule has 2 fully saturated rings. The van der Waals surface area contributed by atoms with Gasteiger partial charge in [0.2, 0.25) is 17.8 Å². The van der Waals surface area contributed by atoms with Crippen LogP contribution >= 0.6 is 0 Å². The Morgan fingerprint density at radius 3 is 2.18 bits per heavy atom. The molecule has 10 nitrogen and oxygen atoms in total. The molecule has 0 aliphatic carbocycles. The molecule has 0 N–H and O–H groups in total. The van der Waals surface area contributed by atoms with Gasteiger partial charge in [-0.3, -0.25) is 19.3 Å². The Morgan fingerprint density at radius 1 is 0.848 bits per heavy atom. The van der Waals surface area contributed by atoms with Crippen LogP contribution in [-0.2, 0) is 16.1 Å². The van der Waals surface area contributed by atoms with E-state index in [4.69, 9.17) is 0 Å². The smallest absolute Gasteiger partial charge is 0.253 e. The third-order valence-electron chi connectivity index (χ3n) is 6.00. The van der Waals surface area contributed by atoms with E-state index in [-0.39, 0.29) is 37.1 Å². The number of benzene rings is 2. The number of piperazine rings is 1. The van der Waals surface area contributed by atoms with Gasteiger partial charge < -0.3 is 9.80 Å². The molecular formula is C23H23N7O3. The molecule has 0 saturated carbocycles. The number of imide groups is 1. The van der Waals surface area contributed by atoms with Crippen LogP contribution in [0.25, 0.3) is 5.69 Å². The first-order chi connectivity index (χ1) is 16.1. The maximum Gasteiger partial charge on any atom is 0.253 e. The molecule has 3 aromatic rings. The molecule has 33 heavy (non-hydrogen) atoms. The van der Waals surface area contributed by atoms with Gasteiger partial charge in [0, 0.05) is 44.6 Å². The molecule has 2 aliphatic heterocycles. The molecule has 0 unspecified atom stereocenters. The highest BCUT2D eigenvalue weighted by molar-refractivity contribution is 6.01. The highest BCUT2D eigenvalue weighted by atomic mass is 16.2. The van der Waals surface area contributed by atoms with Crippen molar-refractivity contribution in [3.63, 3.8) is 0 Å². The first-order valence-electron chi connectivity index (χ1n) is 10.9. The van der Waals surface area contributed by atoms with Gasteiger partial charge in [-0.05, 0) is 40.3 Å². The van der Waals surface area contributed by atoms with E-state index in [2.05, 4.69) is 20.4 Å². The van der Waals surface area contributed by atoms with E-state index >= 15 is 0 Å². The minimum atomic E-state index is -0.142. The highest BCUT2D eigenvalue weighted by Gasteiger charge is 2.29. The maximum absolute atomic E-state index is 13.0. The van der Waals surface area contributed by atoms with Crippen molar-refractivity contribution in [2.75, 3.05) is 31.1 Å². The Labute approximate surface area is 190 Å². The number of hydrogen-bond acceptors (Lipinski definition) is 7. The Kier molecular flexibility index (Phi) is 5.55. The van der Waals surface area contributed by atoms with Gasteiger partial charge in [0.15, 0.2) is 0 Å². The number of hydrogen-bond donors (Lipinski definition) is 0. The van der Waals surface area contributed by atoms with Crippen molar-refractivity contribution in [1.29, 1.82) is 0 Å². The lowest BCUT2D eigenvalue weighted by molar-refractivity contribution is -0.139. The maximum atomic E-state index is 13.0. The molecule has 2 saturated heterocycles. The Hall–Kier alpha value is -4.08. The Balaban J connectivity index is 1.20. The standard InChI is InChI=1S/C23H23N7O3/c31-20-10-11-21(32)29(20)16-17-6-8-18(9-7-17)22(33)27-12-14-28(15-13-27)23-24-25-26-30(23)19-4-2-1-3-5-19/h1-9H,10-16H2. The lowest BCUT2D eigenvalue weighted by Crippen LogP contribution is -2.49. The molecule has 10 heteroatoms. The molecule has 5 rings (SSSR count). The van der Waals surface area contributed by atoms with Crippen molar-refractivity contribution in [2.24, 2.45) is 0 Å². The van der Waals surface area contributed by atoms with E-state index in [1.165, 1.54) is 4.90 Å². The lowest BCUT2D eigenvalue weighted by Gasteiger charge is -2.34. The monoisotopic (exact) mass is 445 g/mol. The van der Waals surface area contributed by atoms with Crippen molar-refractivity contribution in [1.82, 2.24) is 30.0 Å². The largest absolute Gasteiger partial charge is 0.336 e. The summed E-state index contributed by atoms with van der Waals surface area (Å²) in [6.07, 6.45) is 0.554. The number of anilines is 1. The number of nitrogens with zero attached hydrogens (tertiary/aromatic N) is 7. The summed E-state index contributed by atoms with van der Waals surface area (Å²) in [5.74, 6) is 0.327. The second kappa shape index (κ2) is 8.81. The van der Waals surface area contributed by atoms with E-state index in [1.54, 1.807) is 28.9 Å². The molecule has 0 radical (unpaired) electrons. The molecule has 3 amide bonds. The molecule has 2 aliphatic rings. The third kappa shape index (κ3) is 4.19. The van der Waals surface area contributed by atoms with Gasteiger partial charge >= 0.3 is 0 Å². The fraction of sp³-hybridized carbons (Fsp3) is 0.304. The van der Waals surface area contributed by atoms with Gasteiger partial charge in [-0.1, -0.05) is 35.4 Å². The summed E-state index contributed by atoms with van der Waals surface area (Å²) >= 11 is 0. The van der Waals surface area contributed by atoms with E-state index < -0.39 is 0 Å². The summed E-state index contributed by atoms with van der Waals surface area (Å²) in [4.78, 5) is 41.8. The molecule has 168 valence electrons. The summed E-state index contributed by atoms with van der Waals surface area (Å²) in [5.41, 5.74) is 2.29. The van der Waals surface area contributed by atoms with Gasteiger partial charge in [0.1, 0.15) is 0 Å². The summed E-state index contributed by atoms with van der Waals surface area (Å²) in [6, 6.07) is 16.8. The fourth-order valence-electron chi connectivity index (χ4n) is 4.14. The minimum absolute atomic E-state index is 0.0443. The second-order valence-corrected chi connectivity index (χ2v) is 8.08. The number of carbonyl (C=O) groups is 3. The second-order valence-electron chi connectivity index (χ2n) is 8.08. The van der Waals surface area contributed by atoms with Crippen LogP contribution in [0, 0.1) is 0 Å². The average molecular weight is 445 g/mol. The van der Waals surface area contributed by atoms with Crippen molar-refractivity contribution in [3.05, 3.63) is 65.7 Å². The van der Waals surface area contributed by atoms with Gasteiger partial charge in [-0.2, -0.15) is 4.68 Å². The molecule has 0 bridgehead atoms. The van der Waals surface area contributed by atoms with Gasteiger partial charge in [0.25, 0.3) is 5.91 Å². The lowest BCUT2D eigenvalue weighted by atomic mass is 10.1. The third-order valence-corrected chi connectivity index (χ3v) is 6.00. The van der Waals surface area contributed by atoms with Crippen LogP contribution in [0.1, 0.15) is 28.8 Å². The van der Waals surface area contributed by atoms with Crippen LogP contribution in [0.5, 0.6) is 0 Å². The zero-order chi connectivity index (χ0) is 22.8.